The second-order valence-corrected chi connectivity index (χ2v) is 3.64. The summed E-state index contributed by atoms with van der Waals surface area (Å²) in [5.74, 6) is 0.330. The van der Waals surface area contributed by atoms with Gasteiger partial charge in [-0.2, -0.15) is 0 Å². The molecule has 1 spiro atoms. The molecule has 2 aliphatic rings. The number of amides is 2. The number of piperidine rings is 1. The van der Waals surface area contributed by atoms with Gasteiger partial charge in [0.25, 0.3) is 0 Å². The Morgan fingerprint density at radius 1 is 1.55 bits per heavy atom. The lowest BCUT2D eigenvalue weighted by molar-refractivity contribution is -0.137. The van der Waals surface area contributed by atoms with Crippen LogP contribution in [0.5, 0.6) is 0 Å². The molecule has 1 aliphatic heterocycles. The van der Waals surface area contributed by atoms with E-state index in [1.54, 1.807) is 0 Å². The normalized spacial score (nSPS) is 42.5. The molecule has 1 N–H and O–H groups in total. The lowest BCUT2D eigenvalue weighted by Crippen LogP contribution is -2.42. The third kappa shape index (κ3) is 0.800. The molecule has 0 radical (unpaired) electrons. The first-order valence-corrected chi connectivity index (χ1v) is 3.99. The Morgan fingerprint density at radius 3 is 2.64 bits per heavy atom. The van der Waals surface area contributed by atoms with E-state index in [1.165, 1.54) is 0 Å². The van der Waals surface area contributed by atoms with Gasteiger partial charge in [-0.3, -0.25) is 14.9 Å². The number of imide groups is 1. The molecule has 3 heteroatoms. The highest BCUT2D eigenvalue weighted by Crippen LogP contribution is 2.56. The van der Waals surface area contributed by atoms with Crippen molar-refractivity contribution in [3.63, 3.8) is 0 Å². The largest absolute Gasteiger partial charge is 0.296 e. The van der Waals surface area contributed by atoms with Crippen molar-refractivity contribution in [3.8, 4) is 0 Å². The quantitative estimate of drug-likeness (QED) is 0.513. The van der Waals surface area contributed by atoms with Gasteiger partial charge in [0.1, 0.15) is 0 Å². The second-order valence-electron chi connectivity index (χ2n) is 3.64. The maximum Gasteiger partial charge on any atom is 0.233 e. The molecule has 1 aliphatic carbocycles. The maximum atomic E-state index is 11.3. The van der Waals surface area contributed by atoms with Crippen molar-refractivity contribution in [2.75, 3.05) is 0 Å². The van der Waals surface area contributed by atoms with Crippen molar-refractivity contribution < 1.29 is 9.59 Å². The highest BCUT2D eigenvalue weighted by Gasteiger charge is 2.58. The van der Waals surface area contributed by atoms with Crippen molar-refractivity contribution in [2.24, 2.45) is 11.3 Å². The summed E-state index contributed by atoms with van der Waals surface area (Å²) in [6.45, 7) is 2.06. The van der Waals surface area contributed by atoms with E-state index in [9.17, 15) is 9.59 Å². The van der Waals surface area contributed by atoms with Gasteiger partial charge in [-0.25, -0.2) is 0 Å². The Kier molecular flexibility index (Phi) is 1.14. The van der Waals surface area contributed by atoms with Gasteiger partial charge in [-0.15, -0.1) is 0 Å². The number of nitrogens with one attached hydrogen (secondary N) is 1. The Balaban J connectivity index is 2.15. The van der Waals surface area contributed by atoms with Gasteiger partial charge in [-0.1, -0.05) is 6.92 Å². The Labute approximate surface area is 65.2 Å². The third-order valence-electron chi connectivity index (χ3n) is 2.96. The molecule has 2 atom stereocenters. The zero-order chi connectivity index (χ0) is 8.06. The zero-order valence-corrected chi connectivity index (χ0v) is 6.52. The Hall–Kier alpha value is -0.860. The third-order valence-corrected chi connectivity index (χ3v) is 2.96. The van der Waals surface area contributed by atoms with E-state index in [4.69, 9.17) is 0 Å². The van der Waals surface area contributed by atoms with Crippen LogP contribution in [-0.2, 0) is 9.59 Å². The maximum absolute atomic E-state index is 11.3. The molecule has 0 bridgehead atoms. The van der Waals surface area contributed by atoms with E-state index >= 15 is 0 Å². The Morgan fingerprint density at radius 2 is 2.18 bits per heavy atom. The first-order valence-electron chi connectivity index (χ1n) is 3.99. The summed E-state index contributed by atoms with van der Waals surface area (Å²) in [5, 5.41) is 2.38. The van der Waals surface area contributed by atoms with Gasteiger partial charge in [0.05, 0.1) is 5.41 Å². The number of hydrogen-bond acceptors (Lipinski definition) is 2. The van der Waals surface area contributed by atoms with Crippen molar-refractivity contribution in [1.82, 2.24) is 5.32 Å². The van der Waals surface area contributed by atoms with Crippen LogP contribution in [0.15, 0.2) is 0 Å². The number of carbonyl (C=O) groups is 2. The smallest absolute Gasteiger partial charge is 0.233 e. The van der Waals surface area contributed by atoms with Gasteiger partial charge in [0.15, 0.2) is 0 Å². The first-order chi connectivity index (χ1) is 5.15. The molecule has 3 nitrogen and oxygen atoms in total. The first kappa shape index (κ1) is 6.83. The van der Waals surface area contributed by atoms with Gasteiger partial charge < -0.3 is 0 Å². The topological polar surface area (TPSA) is 46.2 Å². The van der Waals surface area contributed by atoms with E-state index in [2.05, 4.69) is 12.2 Å². The van der Waals surface area contributed by atoms with Crippen LogP contribution in [0.1, 0.15) is 26.2 Å². The fourth-order valence-electron chi connectivity index (χ4n) is 1.92. The molecule has 0 aromatic carbocycles. The molecule has 2 amide bonds. The van der Waals surface area contributed by atoms with Gasteiger partial charge >= 0.3 is 0 Å². The average Bonchev–Trinajstić information content (AvgIpc) is 2.56. The van der Waals surface area contributed by atoms with Crippen molar-refractivity contribution >= 4 is 11.8 Å². The summed E-state index contributed by atoms with van der Waals surface area (Å²) in [4.78, 5) is 22.0. The predicted octanol–water partition coefficient (Wildman–Crippen LogP) is 0.449. The molecule has 11 heavy (non-hydrogen) atoms. The van der Waals surface area contributed by atoms with E-state index in [0.29, 0.717) is 12.3 Å². The molecule has 2 fully saturated rings. The zero-order valence-electron chi connectivity index (χ0n) is 6.52. The van der Waals surface area contributed by atoms with Crippen LogP contribution in [0.4, 0.5) is 0 Å². The van der Waals surface area contributed by atoms with E-state index < -0.39 is 0 Å². The summed E-state index contributed by atoms with van der Waals surface area (Å²) < 4.78 is 0. The van der Waals surface area contributed by atoms with Crippen LogP contribution in [0, 0.1) is 11.3 Å². The SMILES string of the molecule is CC1CC12CCC(=O)NC2=O. The van der Waals surface area contributed by atoms with Crippen molar-refractivity contribution in [2.45, 2.75) is 26.2 Å². The second kappa shape index (κ2) is 1.84. The molecule has 1 saturated carbocycles. The van der Waals surface area contributed by atoms with Crippen LogP contribution in [-0.4, -0.2) is 11.8 Å². The van der Waals surface area contributed by atoms with Crippen LogP contribution < -0.4 is 5.32 Å². The summed E-state index contributed by atoms with van der Waals surface area (Å²) >= 11 is 0. The monoisotopic (exact) mass is 153 g/mol. The average molecular weight is 153 g/mol. The van der Waals surface area contributed by atoms with Crippen molar-refractivity contribution in [3.05, 3.63) is 0 Å². The minimum absolute atomic E-state index is 0.0405. The highest BCUT2D eigenvalue weighted by atomic mass is 16.2. The minimum Gasteiger partial charge on any atom is -0.296 e. The van der Waals surface area contributed by atoms with E-state index in [-0.39, 0.29) is 17.2 Å². The standard InChI is InChI=1S/C8H11NO2/c1-5-4-8(5)3-2-6(10)9-7(8)11/h5H,2-4H2,1H3,(H,9,10,11). The van der Waals surface area contributed by atoms with E-state index in [1.807, 2.05) is 0 Å². The van der Waals surface area contributed by atoms with E-state index in [0.717, 1.165) is 12.8 Å². The highest BCUT2D eigenvalue weighted by molar-refractivity contribution is 6.02. The fourth-order valence-corrected chi connectivity index (χ4v) is 1.92. The molecule has 0 aromatic heterocycles. The summed E-state index contributed by atoms with van der Waals surface area (Å²) in [7, 11) is 0. The van der Waals surface area contributed by atoms with Crippen molar-refractivity contribution in [1.29, 1.82) is 0 Å². The van der Waals surface area contributed by atoms with Crippen LogP contribution in [0.2, 0.25) is 0 Å². The number of carbonyl (C=O) groups excluding carboxylic acids is 2. The predicted molar refractivity (Wildman–Crippen MR) is 38.6 cm³/mol. The summed E-state index contributed by atoms with van der Waals surface area (Å²) in [5.41, 5.74) is -0.145. The minimum atomic E-state index is -0.145. The fraction of sp³-hybridized carbons (Fsp3) is 0.750. The van der Waals surface area contributed by atoms with Gasteiger partial charge in [0, 0.05) is 6.42 Å². The lowest BCUT2D eigenvalue weighted by atomic mass is 9.93. The van der Waals surface area contributed by atoms with Crippen LogP contribution in [0.25, 0.3) is 0 Å². The summed E-state index contributed by atoms with van der Waals surface area (Å²) in [6.07, 6.45) is 2.25. The van der Waals surface area contributed by atoms with Gasteiger partial charge in [-0.05, 0) is 18.8 Å². The Bertz CT molecular complexity index is 236. The lowest BCUT2D eigenvalue weighted by Gasteiger charge is -2.20. The molecule has 0 aromatic rings. The summed E-state index contributed by atoms with van der Waals surface area (Å²) in [6, 6.07) is 0. The number of rotatable bonds is 0. The number of hydrogen-bond donors (Lipinski definition) is 1. The molecule has 1 heterocycles. The molecule has 2 unspecified atom stereocenters. The molecule has 1 saturated heterocycles. The van der Waals surface area contributed by atoms with Crippen LogP contribution in [0.3, 0.4) is 0 Å². The van der Waals surface area contributed by atoms with Crippen LogP contribution >= 0.6 is 0 Å². The molecule has 60 valence electrons. The molecular formula is C8H11NO2. The molecule has 2 rings (SSSR count). The van der Waals surface area contributed by atoms with Gasteiger partial charge in [0.2, 0.25) is 11.8 Å². The molecular weight excluding hydrogens is 142 g/mol.